The van der Waals surface area contributed by atoms with Crippen molar-refractivity contribution in [2.75, 3.05) is 19.6 Å². The van der Waals surface area contributed by atoms with E-state index in [2.05, 4.69) is 10.2 Å². The minimum atomic E-state index is -4.67. The van der Waals surface area contributed by atoms with Crippen molar-refractivity contribution < 1.29 is 27.9 Å². The Morgan fingerprint density at radius 2 is 2.10 bits per heavy atom. The Morgan fingerprint density at radius 1 is 1.38 bits per heavy atom. The smallest absolute Gasteiger partial charge is 0.406 e. The predicted octanol–water partition coefficient (Wildman–Crippen LogP) is 0.163. The maximum absolute atomic E-state index is 12.4. The lowest BCUT2D eigenvalue weighted by atomic mass is 10.3. The van der Waals surface area contributed by atoms with Crippen LogP contribution in [0.5, 0.6) is 0 Å². The molecule has 0 saturated heterocycles. The standard InChI is InChI=1S/C10H12F3N5O3/c11-10(12,13)5-18(4-8(19)20)9(21)16-1-2-17-6-14-15-7(17)3-16/h6H,1-5H2,(H,19,20). The van der Waals surface area contributed by atoms with Crippen LogP contribution in [0.3, 0.4) is 0 Å². The van der Waals surface area contributed by atoms with Crippen LogP contribution in [0, 0.1) is 0 Å². The second-order valence-corrected chi connectivity index (χ2v) is 4.51. The van der Waals surface area contributed by atoms with Crippen LogP contribution in [0.15, 0.2) is 6.33 Å². The van der Waals surface area contributed by atoms with Crippen LogP contribution >= 0.6 is 0 Å². The number of rotatable bonds is 3. The lowest BCUT2D eigenvalue weighted by molar-refractivity contribution is -0.149. The van der Waals surface area contributed by atoms with Crippen LogP contribution in [0.2, 0.25) is 0 Å². The van der Waals surface area contributed by atoms with Gasteiger partial charge in [-0.15, -0.1) is 10.2 Å². The fourth-order valence-corrected chi connectivity index (χ4v) is 2.00. The highest BCUT2D eigenvalue weighted by Crippen LogP contribution is 2.19. The molecule has 8 nitrogen and oxygen atoms in total. The number of hydrogen-bond acceptors (Lipinski definition) is 4. The van der Waals surface area contributed by atoms with E-state index in [1.807, 2.05) is 0 Å². The van der Waals surface area contributed by atoms with Gasteiger partial charge in [-0.1, -0.05) is 0 Å². The fourth-order valence-electron chi connectivity index (χ4n) is 2.00. The molecule has 1 N–H and O–H groups in total. The van der Waals surface area contributed by atoms with Crippen molar-refractivity contribution in [1.82, 2.24) is 24.6 Å². The Morgan fingerprint density at radius 3 is 2.71 bits per heavy atom. The summed E-state index contributed by atoms with van der Waals surface area (Å²) >= 11 is 0. The zero-order chi connectivity index (χ0) is 15.6. The minimum Gasteiger partial charge on any atom is -0.480 e. The Labute approximate surface area is 116 Å². The van der Waals surface area contributed by atoms with E-state index in [9.17, 15) is 22.8 Å². The average molecular weight is 307 g/mol. The molecule has 0 aromatic carbocycles. The first kappa shape index (κ1) is 15.1. The monoisotopic (exact) mass is 307 g/mol. The minimum absolute atomic E-state index is 0.00713. The van der Waals surface area contributed by atoms with Crippen LogP contribution in [0.1, 0.15) is 5.82 Å². The number of aliphatic carboxylic acids is 1. The number of hydrogen-bond donors (Lipinski definition) is 1. The number of fused-ring (bicyclic) bond motifs is 1. The van der Waals surface area contributed by atoms with Gasteiger partial charge in [-0.2, -0.15) is 13.2 Å². The zero-order valence-corrected chi connectivity index (χ0v) is 10.7. The molecule has 21 heavy (non-hydrogen) atoms. The molecule has 1 aliphatic heterocycles. The van der Waals surface area contributed by atoms with Gasteiger partial charge in [0.2, 0.25) is 0 Å². The molecule has 0 radical (unpaired) electrons. The molecule has 1 aromatic heterocycles. The topological polar surface area (TPSA) is 91.6 Å². The van der Waals surface area contributed by atoms with Crippen LogP contribution in [0.4, 0.5) is 18.0 Å². The number of urea groups is 1. The van der Waals surface area contributed by atoms with E-state index < -0.39 is 31.3 Å². The van der Waals surface area contributed by atoms with E-state index in [0.29, 0.717) is 12.4 Å². The van der Waals surface area contributed by atoms with Gasteiger partial charge in [-0.05, 0) is 0 Å². The maximum Gasteiger partial charge on any atom is 0.406 e. The van der Waals surface area contributed by atoms with Gasteiger partial charge >= 0.3 is 18.2 Å². The third-order valence-corrected chi connectivity index (χ3v) is 2.88. The predicted molar refractivity (Wildman–Crippen MR) is 61.1 cm³/mol. The van der Waals surface area contributed by atoms with Gasteiger partial charge in [0.05, 0.1) is 6.54 Å². The van der Waals surface area contributed by atoms with Crippen molar-refractivity contribution in [1.29, 1.82) is 0 Å². The van der Waals surface area contributed by atoms with Crippen LogP contribution in [-0.4, -0.2) is 67.5 Å². The Balaban J connectivity index is 2.09. The summed E-state index contributed by atoms with van der Waals surface area (Å²) in [7, 11) is 0. The summed E-state index contributed by atoms with van der Waals surface area (Å²) < 4.78 is 39.0. The molecule has 0 unspecified atom stereocenters. The molecule has 2 rings (SSSR count). The molecule has 116 valence electrons. The third-order valence-electron chi connectivity index (χ3n) is 2.88. The van der Waals surface area contributed by atoms with E-state index in [4.69, 9.17) is 5.11 Å². The summed E-state index contributed by atoms with van der Waals surface area (Å²) in [6.45, 7) is -2.12. The van der Waals surface area contributed by atoms with E-state index in [0.717, 1.165) is 4.90 Å². The number of alkyl halides is 3. The highest BCUT2D eigenvalue weighted by Gasteiger charge is 2.36. The molecule has 0 atom stereocenters. The third kappa shape index (κ3) is 3.83. The summed E-state index contributed by atoms with van der Waals surface area (Å²) in [5, 5.41) is 16.0. The number of carbonyl (C=O) groups excluding carboxylic acids is 1. The molecule has 0 aliphatic carbocycles. The second kappa shape index (κ2) is 5.58. The van der Waals surface area contributed by atoms with Gasteiger partial charge in [0.15, 0.2) is 5.82 Å². The number of halogens is 3. The lowest BCUT2D eigenvalue weighted by Gasteiger charge is -2.32. The van der Waals surface area contributed by atoms with Gasteiger partial charge in [0.25, 0.3) is 0 Å². The van der Waals surface area contributed by atoms with E-state index >= 15 is 0 Å². The summed E-state index contributed by atoms with van der Waals surface area (Å²) in [5.41, 5.74) is 0. The average Bonchev–Trinajstić information content (AvgIpc) is 2.81. The molecule has 11 heteroatoms. The van der Waals surface area contributed by atoms with Gasteiger partial charge in [-0.25, -0.2) is 4.79 Å². The largest absolute Gasteiger partial charge is 0.480 e. The number of carboxylic acids is 1. The highest BCUT2D eigenvalue weighted by molar-refractivity contribution is 5.80. The van der Waals surface area contributed by atoms with Gasteiger partial charge in [0, 0.05) is 13.1 Å². The normalized spacial score (nSPS) is 14.7. The van der Waals surface area contributed by atoms with Crippen molar-refractivity contribution in [3.05, 3.63) is 12.2 Å². The van der Waals surface area contributed by atoms with E-state index in [1.165, 1.54) is 6.33 Å². The molecule has 0 bridgehead atoms. The van der Waals surface area contributed by atoms with Crippen molar-refractivity contribution in [3.8, 4) is 0 Å². The van der Waals surface area contributed by atoms with Crippen molar-refractivity contribution >= 4 is 12.0 Å². The lowest BCUT2D eigenvalue weighted by Crippen LogP contribution is -2.50. The summed E-state index contributed by atoms with van der Waals surface area (Å²) in [6, 6.07) is -0.982. The van der Waals surface area contributed by atoms with E-state index in [1.54, 1.807) is 4.57 Å². The molecule has 0 fully saturated rings. The first-order valence-electron chi connectivity index (χ1n) is 5.95. The van der Waals surface area contributed by atoms with Crippen molar-refractivity contribution in [2.45, 2.75) is 19.3 Å². The molecule has 0 spiro atoms. The molecule has 1 aromatic rings. The Hall–Kier alpha value is -2.33. The van der Waals surface area contributed by atoms with Crippen LogP contribution < -0.4 is 0 Å². The molecule has 2 heterocycles. The quantitative estimate of drug-likeness (QED) is 0.859. The molecule has 2 amide bonds. The van der Waals surface area contributed by atoms with Crippen LogP contribution in [0.25, 0.3) is 0 Å². The summed E-state index contributed by atoms with van der Waals surface area (Å²) in [6.07, 6.45) is -3.21. The van der Waals surface area contributed by atoms with Gasteiger partial charge in [-0.3, -0.25) is 4.79 Å². The summed E-state index contributed by atoms with van der Waals surface area (Å²) in [5.74, 6) is -1.07. The first-order valence-corrected chi connectivity index (χ1v) is 5.95. The zero-order valence-electron chi connectivity index (χ0n) is 10.7. The molecular weight excluding hydrogens is 295 g/mol. The maximum atomic E-state index is 12.4. The van der Waals surface area contributed by atoms with Gasteiger partial charge in [0.1, 0.15) is 19.4 Å². The SMILES string of the molecule is O=C(O)CN(CC(F)(F)F)C(=O)N1CCn2cnnc2C1. The molecule has 1 aliphatic rings. The summed E-state index contributed by atoms with van der Waals surface area (Å²) in [4.78, 5) is 24.1. The Bertz CT molecular complexity index is 544. The number of carbonyl (C=O) groups is 2. The number of amides is 2. The molecular formula is C10H12F3N5O3. The fraction of sp³-hybridized carbons (Fsp3) is 0.600. The van der Waals surface area contributed by atoms with E-state index in [-0.39, 0.29) is 18.0 Å². The first-order chi connectivity index (χ1) is 9.76. The van der Waals surface area contributed by atoms with Crippen molar-refractivity contribution in [3.63, 3.8) is 0 Å². The Kier molecular flexibility index (Phi) is 4.00. The number of carboxylic acid groups (broad SMARTS) is 1. The van der Waals surface area contributed by atoms with Crippen molar-refractivity contribution in [2.24, 2.45) is 0 Å². The number of nitrogens with zero attached hydrogens (tertiary/aromatic N) is 5. The highest BCUT2D eigenvalue weighted by atomic mass is 19.4. The number of aromatic nitrogens is 3. The molecule has 0 saturated carbocycles. The van der Waals surface area contributed by atoms with Gasteiger partial charge < -0.3 is 19.5 Å². The second-order valence-electron chi connectivity index (χ2n) is 4.51. The van der Waals surface area contributed by atoms with Crippen LogP contribution in [-0.2, 0) is 17.9 Å².